The Morgan fingerprint density at radius 3 is 1.54 bits per heavy atom. The summed E-state index contributed by atoms with van der Waals surface area (Å²) in [6, 6.07) is 78.6. The van der Waals surface area contributed by atoms with E-state index in [9.17, 15) is 0 Å². The topological polar surface area (TPSA) is 3.24 Å². The van der Waals surface area contributed by atoms with Crippen molar-refractivity contribution in [1.82, 2.24) is 0 Å². The predicted octanol–water partition coefficient (Wildman–Crippen LogP) is 16.4. The molecule has 0 atom stereocenters. The quantitative estimate of drug-likeness (QED) is 0.156. The minimum absolute atomic E-state index is 0.0846. The molecule has 0 heterocycles. The maximum atomic E-state index is 2.51. The molecule has 11 rings (SSSR count). The van der Waals surface area contributed by atoms with Crippen molar-refractivity contribution < 1.29 is 0 Å². The van der Waals surface area contributed by atoms with E-state index in [1.165, 1.54) is 89.0 Å². The van der Waals surface area contributed by atoms with Gasteiger partial charge in [-0.15, -0.1) is 0 Å². The molecule has 1 heteroatoms. The van der Waals surface area contributed by atoms with Crippen molar-refractivity contribution in [2.75, 3.05) is 4.90 Å². The van der Waals surface area contributed by atoms with E-state index < -0.39 is 0 Å². The summed E-state index contributed by atoms with van der Waals surface area (Å²) in [6.07, 6.45) is 0. The number of rotatable bonds is 7. The van der Waals surface area contributed by atoms with Crippen molar-refractivity contribution in [3.8, 4) is 66.8 Å². The third-order valence-electron chi connectivity index (χ3n) is 13.5. The number of anilines is 3. The second-order valence-corrected chi connectivity index (χ2v) is 17.7. The van der Waals surface area contributed by atoms with Gasteiger partial charge in [0, 0.05) is 27.6 Å². The Balaban J connectivity index is 1.15. The minimum atomic E-state index is -0.107. The molecule has 61 heavy (non-hydrogen) atoms. The number of benzene rings is 9. The molecule has 2 aliphatic rings. The van der Waals surface area contributed by atoms with Crippen LogP contribution in [0.25, 0.3) is 66.8 Å². The fourth-order valence-corrected chi connectivity index (χ4v) is 10.4. The van der Waals surface area contributed by atoms with Crippen LogP contribution in [0.5, 0.6) is 0 Å². The van der Waals surface area contributed by atoms with Gasteiger partial charge in [0.2, 0.25) is 0 Å². The molecule has 2 aliphatic carbocycles. The van der Waals surface area contributed by atoms with Crippen molar-refractivity contribution >= 4 is 17.1 Å². The summed E-state index contributed by atoms with van der Waals surface area (Å²) >= 11 is 0. The molecule has 0 unspecified atom stereocenters. The standard InChI is InChI=1S/C60H47N/c1-59(2)53-30-15-12-27-50(53)58-49(28-18-31-54(58)59)48-26-13-16-32-56(48)61(57-36-34-43(40-19-7-5-8-20-40)38-51(57)41-21-9-6-10-22-41)45-24-17-23-42(37-45)44-33-35-47-46-25-11-14-29-52(46)60(3,4)55(47)39-44/h5-39H,1-4H3. The lowest BCUT2D eigenvalue weighted by atomic mass is 9.81. The molecular weight excluding hydrogens is 735 g/mol. The fourth-order valence-electron chi connectivity index (χ4n) is 10.4. The SMILES string of the molecule is CC1(C)c2ccccc2-c2ccc(-c3cccc(N(c4ccc(-c5ccccc5)cc4-c4ccccc4)c4ccccc4-c4cccc5c4-c4ccccc4C5(C)C)c3)cc21. The lowest BCUT2D eigenvalue weighted by Gasteiger charge is -2.31. The van der Waals surface area contributed by atoms with Crippen LogP contribution in [-0.2, 0) is 10.8 Å². The molecule has 0 saturated heterocycles. The first-order valence-corrected chi connectivity index (χ1v) is 21.5. The zero-order chi connectivity index (χ0) is 41.3. The van der Waals surface area contributed by atoms with Crippen LogP contribution < -0.4 is 4.90 Å². The molecule has 0 saturated carbocycles. The van der Waals surface area contributed by atoms with Crippen LogP contribution in [0.3, 0.4) is 0 Å². The zero-order valence-corrected chi connectivity index (χ0v) is 35.2. The number of hydrogen-bond acceptors (Lipinski definition) is 1. The van der Waals surface area contributed by atoms with Crippen molar-refractivity contribution in [2.24, 2.45) is 0 Å². The van der Waals surface area contributed by atoms with E-state index in [2.05, 4.69) is 245 Å². The molecule has 292 valence electrons. The number of hydrogen-bond donors (Lipinski definition) is 0. The van der Waals surface area contributed by atoms with Crippen LogP contribution >= 0.6 is 0 Å². The van der Waals surface area contributed by atoms with Crippen LogP contribution in [-0.4, -0.2) is 0 Å². The molecule has 0 bridgehead atoms. The van der Waals surface area contributed by atoms with E-state index in [4.69, 9.17) is 0 Å². The van der Waals surface area contributed by atoms with E-state index in [-0.39, 0.29) is 10.8 Å². The van der Waals surface area contributed by atoms with E-state index in [0.29, 0.717) is 0 Å². The van der Waals surface area contributed by atoms with Crippen molar-refractivity contribution in [3.05, 3.63) is 235 Å². The highest BCUT2D eigenvalue weighted by Crippen LogP contribution is 2.55. The van der Waals surface area contributed by atoms with Gasteiger partial charge in [0.15, 0.2) is 0 Å². The lowest BCUT2D eigenvalue weighted by Crippen LogP contribution is -2.15. The molecule has 0 amide bonds. The van der Waals surface area contributed by atoms with Gasteiger partial charge < -0.3 is 4.90 Å². The molecule has 0 spiro atoms. The monoisotopic (exact) mass is 781 g/mol. The third kappa shape index (κ3) is 5.91. The van der Waals surface area contributed by atoms with Gasteiger partial charge >= 0.3 is 0 Å². The second-order valence-electron chi connectivity index (χ2n) is 17.7. The van der Waals surface area contributed by atoms with Gasteiger partial charge in [-0.2, -0.15) is 0 Å². The van der Waals surface area contributed by atoms with Crippen LogP contribution in [0.4, 0.5) is 17.1 Å². The predicted molar refractivity (Wildman–Crippen MR) is 258 cm³/mol. The second kappa shape index (κ2) is 14.2. The van der Waals surface area contributed by atoms with E-state index in [1.54, 1.807) is 0 Å². The molecule has 9 aromatic carbocycles. The largest absolute Gasteiger partial charge is 0.309 e. The number of fused-ring (bicyclic) bond motifs is 6. The first-order chi connectivity index (χ1) is 29.8. The molecule has 0 N–H and O–H groups in total. The molecule has 1 nitrogen and oxygen atoms in total. The van der Waals surface area contributed by atoms with Crippen LogP contribution in [0.1, 0.15) is 49.9 Å². The van der Waals surface area contributed by atoms with E-state index in [1.807, 2.05) is 0 Å². The van der Waals surface area contributed by atoms with Crippen molar-refractivity contribution in [2.45, 2.75) is 38.5 Å². The maximum absolute atomic E-state index is 2.51. The Hall–Kier alpha value is -7.22. The van der Waals surface area contributed by atoms with Crippen LogP contribution in [0.2, 0.25) is 0 Å². The van der Waals surface area contributed by atoms with E-state index >= 15 is 0 Å². The van der Waals surface area contributed by atoms with Gasteiger partial charge in [-0.1, -0.05) is 204 Å². The summed E-state index contributed by atoms with van der Waals surface area (Å²) in [7, 11) is 0. The fraction of sp³-hybridized carbons (Fsp3) is 0.100. The average molecular weight is 782 g/mol. The Labute approximate surface area is 360 Å². The summed E-state index contributed by atoms with van der Waals surface area (Å²) in [5.41, 5.74) is 23.6. The highest BCUT2D eigenvalue weighted by molar-refractivity contribution is 6.00. The van der Waals surface area contributed by atoms with E-state index in [0.717, 1.165) is 17.1 Å². The van der Waals surface area contributed by atoms with Crippen molar-refractivity contribution in [3.63, 3.8) is 0 Å². The molecular formula is C60H47N. The summed E-state index contributed by atoms with van der Waals surface area (Å²) < 4.78 is 0. The first kappa shape index (κ1) is 36.8. The Morgan fingerprint density at radius 1 is 0.279 bits per heavy atom. The van der Waals surface area contributed by atoms with Gasteiger partial charge in [-0.3, -0.25) is 0 Å². The number of nitrogens with zero attached hydrogens (tertiary/aromatic N) is 1. The van der Waals surface area contributed by atoms with Crippen molar-refractivity contribution in [1.29, 1.82) is 0 Å². The van der Waals surface area contributed by atoms with Gasteiger partial charge in [-0.05, 0) is 114 Å². The molecule has 0 fully saturated rings. The average Bonchev–Trinajstić information content (AvgIpc) is 3.69. The molecule has 0 radical (unpaired) electrons. The van der Waals surface area contributed by atoms with Gasteiger partial charge in [0.1, 0.15) is 0 Å². The zero-order valence-electron chi connectivity index (χ0n) is 35.2. The highest BCUT2D eigenvalue weighted by atomic mass is 15.1. The lowest BCUT2D eigenvalue weighted by molar-refractivity contribution is 0.660. The normalized spacial score (nSPS) is 13.8. The Morgan fingerprint density at radius 2 is 0.770 bits per heavy atom. The first-order valence-electron chi connectivity index (χ1n) is 21.5. The minimum Gasteiger partial charge on any atom is -0.309 e. The molecule has 0 aromatic heterocycles. The summed E-state index contributed by atoms with van der Waals surface area (Å²) in [6.45, 7) is 9.45. The highest BCUT2D eigenvalue weighted by Gasteiger charge is 2.38. The Bertz CT molecular complexity index is 3130. The summed E-state index contributed by atoms with van der Waals surface area (Å²) in [5, 5.41) is 0. The van der Waals surface area contributed by atoms with Gasteiger partial charge in [0.25, 0.3) is 0 Å². The van der Waals surface area contributed by atoms with Crippen LogP contribution in [0, 0.1) is 0 Å². The molecule has 9 aromatic rings. The number of para-hydroxylation sites is 1. The Kier molecular flexibility index (Phi) is 8.58. The summed E-state index contributed by atoms with van der Waals surface area (Å²) in [4.78, 5) is 2.51. The van der Waals surface area contributed by atoms with Crippen LogP contribution in [0.15, 0.2) is 212 Å². The smallest absolute Gasteiger partial charge is 0.0540 e. The van der Waals surface area contributed by atoms with Gasteiger partial charge in [0.05, 0.1) is 11.4 Å². The molecule has 0 aliphatic heterocycles. The van der Waals surface area contributed by atoms with Gasteiger partial charge in [-0.25, -0.2) is 0 Å². The maximum Gasteiger partial charge on any atom is 0.0540 e. The third-order valence-corrected chi connectivity index (χ3v) is 13.5. The summed E-state index contributed by atoms with van der Waals surface area (Å²) in [5.74, 6) is 0.